The highest BCUT2D eigenvalue weighted by Crippen LogP contribution is 2.08. The molecule has 0 bridgehead atoms. The Kier molecular flexibility index (Phi) is 4.39. The molecule has 0 aliphatic heterocycles. The Morgan fingerprint density at radius 2 is 2.00 bits per heavy atom. The molecular weight excluding hydrogens is 286 g/mol. The maximum absolute atomic E-state index is 12.2. The molecule has 2 N–H and O–H groups in total. The van der Waals surface area contributed by atoms with Crippen molar-refractivity contribution >= 4 is 17.7 Å². The van der Waals surface area contributed by atoms with Crippen LogP contribution < -0.4 is 5.32 Å². The molecule has 0 radical (unpaired) electrons. The van der Waals surface area contributed by atoms with Gasteiger partial charge in [0.25, 0.3) is 11.7 Å². The van der Waals surface area contributed by atoms with E-state index in [4.69, 9.17) is 5.11 Å². The van der Waals surface area contributed by atoms with Crippen LogP contribution in [0.1, 0.15) is 42.3 Å². The van der Waals surface area contributed by atoms with Gasteiger partial charge in [0.05, 0.1) is 0 Å². The van der Waals surface area contributed by atoms with Crippen LogP contribution in [0, 0.1) is 19.8 Å². The number of carboxylic acids is 1. The Morgan fingerprint density at radius 1 is 1.32 bits per heavy atom. The molecule has 0 saturated carbocycles. The minimum Gasteiger partial charge on any atom is -0.480 e. The first-order valence-electron chi connectivity index (χ1n) is 7.02. The Labute approximate surface area is 127 Å². The first-order valence-corrected chi connectivity index (χ1v) is 7.02. The number of aryl methyl sites for hydroxylation is 2. The Balaban J connectivity index is 2.25. The predicted molar refractivity (Wildman–Crippen MR) is 78.6 cm³/mol. The largest absolute Gasteiger partial charge is 0.480 e. The van der Waals surface area contributed by atoms with E-state index < -0.39 is 17.9 Å². The number of carboxylic acid groups (broad SMARTS) is 1. The van der Waals surface area contributed by atoms with Crippen molar-refractivity contribution in [1.29, 1.82) is 0 Å². The van der Waals surface area contributed by atoms with E-state index in [-0.39, 0.29) is 11.7 Å². The van der Waals surface area contributed by atoms with Crippen molar-refractivity contribution in [2.24, 2.45) is 5.92 Å². The first kappa shape index (κ1) is 15.9. The quantitative estimate of drug-likeness (QED) is 0.852. The standard InChI is InChI=1S/C14H19N5O3/c1-7(2)5-10(13(21)22)16-12(20)11-17-14-15-8(3)6-9(4)19(14)18-11/h6-7,10H,5H2,1-4H3,(H,16,20)(H,21,22)/t10-/m0/s1. The van der Waals surface area contributed by atoms with Crippen LogP contribution in [-0.4, -0.2) is 42.6 Å². The fourth-order valence-corrected chi connectivity index (χ4v) is 2.18. The van der Waals surface area contributed by atoms with Gasteiger partial charge in [-0.25, -0.2) is 14.3 Å². The molecule has 2 aromatic rings. The number of nitrogens with one attached hydrogen (secondary N) is 1. The third kappa shape index (κ3) is 3.38. The molecule has 22 heavy (non-hydrogen) atoms. The summed E-state index contributed by atoms with van der Waals surface area (Å²) in [4.78, 5) is 31.6. The van der Waals surface area contributed by atoms with Gasteiger partial charge in [0.15, 0.2) is 0 Å². The molecule has 0 aromatic carbocycles. The third-order valence-electron chi connectivity index (χ3n) is 3.13. The summed E-state index contributed by atoms with van der Waals surface area (Å²) in [5.41, 5.74) is 1.57. The molecule has 0 aliphatic carbocycles. The summed E-state index contributed by atoms with van der Waals surface area (Å²) >= 11 is 0. The molecule has 0 saturated heterocycles. The molecule has 2 rings (SSSR count). The zero-order chi connectivity index (χ0) is 16.4. The number of carbonyl (C=O) groups excluding carboxylic acids is 1. The smallest absolute Gasteiger partial charge is 0.326 e. The zero-order valence-corrected chi connectivity index (χ0v) is 13.0. The highest BCUT2D eigenvalue weighted by molar-refractivity contribution is 5.93. The van der Waals surface area contributed by atoms with Crippen LogP contribution in [0.25, 0.3) is 5.78 Å². The van der Waals surface area contributed by atoms with Gasteiger partial charge < -0.3 is 10.4 Å². The maximum atomic E-state index is 12.2. The third-order valence-corrected chi connectivity index (χ3v) is 3.13. The van der Waals surface area contributed by atoms with Gasteiger partial charge in [-0.2, -0.15) is 4.98 Å². The summed E-state index contributed by atoms with van der Waals surface area (Å²) < 4.78 is 1.46. The number of hydrogen-bond acceptors (Lipinski definition) is 5. The lowest BCUT2D eigenvalue weighted by atomic mass is 10.0. The summed E-state index contributed by atoms with van der Waals surface area (Å²) in [7, 11) is 0. The number of rotatable bonds is 5. The average molecular weight is 305 g/mol. The number of amides is 1. The molecule has 118 valence electrons. The van der Waals surface area contributed by atoms with E-state index in [1.807, 2.05) is 33.8 Å². The number of carbonyl (C=O) groups is 2. The second-order valence-corrected chi connectivity index (χ2v) is 5.68. The number of nitrogens with zero attached hydrogens (tertiary/aromatic N) is 4. The van der Waals surface area contributed by atoms with Crippen molar-refractivity contribution in [2.45, 2.75) is 40.2 Å². The fraction of sp³-hybridized carbons (Fsp3) is 0.500. The highest BCUT2D eigenvalue weighted by atomic mass is 16.4. The van der Waals surface area contributed by atoms with Crippen LogP contribution in [0.15, 0.2) is 6.07 Å². The molecular formula is C14H19N5O3. The number of aromatic nitrogens is 4. The van der Waals surface area contributed by atoms with Crippen LogP contribution in [0.3, 0.4) is 0 Å². The van der Waals surface area contributed by atoms with Gasteiger partial charge in [-0.3, -0.25) is 4.79 Å². The minimum atomic E-state index is -1.07. The van der Waals surface area contributed by atoms with Gasteiger partial charge in [-0.15, -0.1) is 5.10 Å². The van der Waals surface area contributed by atoms with E-state index in [2.05, 4.69) is 20.4 Å². The monoisotopic (exact) mass is 305 g/mol. The Hall–Kier alpha value is -2.51. The molecule has 8 nitrogen and oxygen atoms in total. The molecule has 8 heteroatoms. The molecule has 0 spiro atoms. The lowest BCUT2D eigenvalue weighted by Gasteiger charge is -2.15. The summed E-state index contributed by atoms with van der Waals surface area (Å²) in [6.07, 6.45) is 0.338. The molecule has 2 aromatic heterocycles. The summed E-state index contributed by atoms with van der Waals surface area (Å²) in [5, 5.41) is 15.7. The molecule has 2 heterocycles. The van der Waals surface area contributed by atoms with Gasteiger partial charge in [0.1, 0.15) is 6.04 Å². The molecule has 0 aliphatic rings. The first-order chi connectivity index (χ1) is 10.3. The van der Waals surface area contributed by atoms with E-state index in [0.717, 1.165) is 11.4 Å². The van der Waals surface area contributed by atoms with Crippen LogP contribution in [0.4, 0.5) is 0 Å². The van der Waals surface area contributed by atoms with Gasteiger partial charge in [-0.1, -0.05) is 13.8 Å². The summed E-state index contributed by atoms with van der Waals surface area (Å²) in [6.45, 7) is 7.43. The number of aliphatic carboxylic acids is 1. The Bertz CT molecular complexity index is 723. The van der Waals surface area contributed by atoms with Crippen molar-refractivity contribution < 1.29 is 14.7 Å². The van der Waals surface area contributed by atoms with E-state index in [0.29, 0.717) is 12.2 Å². The fourth-order valence-electron chi connectivity index (χ4n) is 2.18. The van der Waals surface area contributed by atoms with Gasteiger partial charge in [-0.05, 0) is 32.3 Å². The predicted octanol–water partition coefficient (Wildman–Crippen LogP) is 0.970. The molecule has 1 atom stereocenters. The normalized spacial score (nSPS) is 12.6. The van der Waals surface area contributed by atoms with Crippen LogP contribution in [-0.2, 0) is 4.79 Å². The summed E-state index contributed by atoms with van der Waals surface area (Å²) in [6, 6.07) is 0.859. The van der Waals surface area contributed by atoms with Crippen molar-refractivity contribution in [3.8, 4) is 0 Å². The lowest BCUT2D eigenvalue weighted by Crippen LogP contribution is -2.42. The van der Waals surface area contributed by atoms with E-state index in [9.17, 15) is 9.59 Å². The molecule has 0 fully saturated rings. The van der Waals surface area contributed by atoms with E-state index in [1.54, 1.807) is 0 Å². The number of hydrogen-bond donors (Lipinski definition) is 2. The highest BCUT2D eigenvalue weighted by Gasteiger charge is 2.24. The SMILES string of the molecule is Cc1cc(C)n2nc(C(=O)N[C@@H](CC(C)C)C(=O)O)nc2n1. The topological polar surface area (TPSA) is 109 Å². The van der Waals surface area contributed by atoms with Crippen molar-refractivity contribution in [3.05, 3.63) is 23.3 Å². The van der Waals surface area contributed by atoms with Crippen molar-refractivity contribution in [1.82, 2.24) is 24.9 Å². The van der Waals surface area contributed by atoms with Gasteiger partial charge in [0, 0.05) is 11.4 Å². The molecule has 0 unspecified atom stereocenters. The van der Waals surface area contributed by atoms with Gasteiger partial charge in [0.2, 0.25) is 5.82 Å². The van der Waals surface area contributed by atoms with Crippen LogP contribution >= 0.6 is 0 Å². The maximum Gasteiger partial charge on any atom is 0.326 e. The Morgan fingerprint density at radius 3 is 2.59 bits per heavy atom. The van der Waals surface area contributed by atoms with Crippen molar-refractivity contribution in [2.75, 3.05) is 0 Å². The van der Waals surface area contributed by atoms with Crippen molar-refractivity contribution in [3.63, 3.8) is 0 Å². The second-order valence-electron chi connectivity index (χ2n) is 5.68. The second kappa shape index (κ2) is 6.08. The zero-order valence-electron chi connectivity index (χ0n) is 13.0. The molecule has 1 amide bonds. The average Bonchev–Trinajstić information content (AvgIpc) is 2.81. The summed E-state index contributed by atoms with van der Waals surface area (Å²) in [5.74, 6) is -1.32. The van der Waals surface area contributed by atoms with Gasteiger partial charge >= 0.3 is 5.97 Å². The number of fused-ring (bicyclic) bond motifs is 1. The van der Waals surface area contributed by atoms with Crippen LogP contribution in [0.5, 0.6) is 0 Å². The van der Waals surface area contributed by atoms with Crippen LogP contribution in [0.2, 0.25) is 0 Å². The van der Waals surface area contributed by atoms with E-state index >= 15 is 0 Å². The lowest BCUT2D eigenvalue weighted by molar-refractivity contribution is -0.139. The van der Waals surface area contributed by atoms with E-state index in [1.165, 1.54) is 4.52 Å². The minimum absolute atomic E-state index is 0.0868.